The Balaban J connectivity index is 2.27. The molecular weight excluding hydrogens is 448 g/mol. The van der Waals surface area contributed by atoms with Gasteiger partial charge in [-0.3, -0.25) is 4.57 Å². The van der Waals surface area contributed by atoms with E-state index < -0.39 is 24.3 Å². The van der Waals surface area contributed by atoms with Crippen LogP contribution in [0.2, 0.25) is 10.0 Å². The van der Waals surface area contributed by atoms with Gasteiger partial charge in [-0.15, -0.1) is 4.31 Å². The molecule has 3 N–H and O–H groups in total. The molecule has 3 aromatic rings. The van der Waals surface area contributed by atoms with Gasteiger partial charge in [0, 0.05) is 27.6 Å². The van der Waals surface area contributed by atoms with E-state index in [1.807, 2.05) is 0 Å². The molecule has 3 rings (SSSR count). The van der Waals surface area contributed by atoms with Crippen molar-refractivity contribution in [2.24, 2.45) is 0 Å². The van der Waals surface area contributed by atoms with E-state index in [4.69, 9.17) is 23.2 Å². The molecule has 1 aromatic heterocycles. The average Bonchev–Trinajstić information content (AvgIpc) is 2.57. The van der Waals surface area contributed by atoms with Gasteiger partial charge >= 0.3 is 18.0 Å². The van der Waals surface area contributed by atoms with E-state index in [0.717, 1.165) is 4.31 Å². The lowest BCUT2D eigenvalue weighted by Crippen LogP contribution is -2.37. The number of hydrogen-bond acceptors (Lipinski definition) is 4. The van der Waals surface area contributed by atoms with Crippen molar-refractivity contribution in [2.45, 2.75) is 11.8 Å². The fraction of sp³-hybridized carbons (Fsp3) is 0.125. The highest BCUT2D eigenvalue weighted by atomic mass is 35.5. The van der Waals surface area contributed by atoms with E-state index in [1.165, 1.54) is 24.3 Å². The van der Waals surface area contributed by atoms with Crippen molar-refractivity contribution in [1.82, 2.24) is 10.2 Å². The Bertz CT molecular complexity index is 1140. The minimum absolute atomic E-state index is 0.111. The van der Waals surface area contributed by atoms with Gasteiger partial charge < -0.3 is 9.79 Å². The monoisotopic (exact) mass is 462 g/mol. The molecule has 0 aliphatic heterocycles. The van der Waals surface area contributed by atoms with Crippen LogP contribution >= 0.6 is 30.8 Å². The summed E-state index contributed by atoms with van der Waals surface area (Å²) in [6.45, 7) is 1.68. The third kappa shape index (κ3) is 4.52. The standard InChI is InChI=1S/C16H14Cl2N3O5PS/c1-10-5-14-15(20-19-10)3-2-4-16(14)21(9-27(22,23)24)28(25,26)13-7-11(17)6-12(18)8-13/h2-8H,9H2,1H3,(H2-,22,23,24,25,26)/p+1. The van der Waals surface area contributed by atoms with E-state index in [9.17, 15) is 23.1 Å². The molecule has 148 valence electrons. The number of halogens is 2. The molecular formula is C16H15Cl2N3O5PS+. The molecule has 0 amide bonds. The molecule has 0 fully saturated rings. The highest BCUT2D eigenvalue weighted by molar-refractivity contribution is 7.99. The van der Waals surface area contributed by atoms with E-state index >= 15 is 0 Å². The zero-order valence-electron chi connectivity index (χ0n) is 14.4. The Hall–Kier alpha value is -1.58. The Labute approximate surface area is 171 Å². The van der Waals surface area contributed by atoms with Gasteiger partial charge in [0.25, 0.3) is 0 Å². The van der Waals surface area contributed by atoms with Crippen molar-refractivity contribution in [2.75, 3.05) is 10.6 Å². The predicted molar refractivity (Wildman–Crippen MR) is 109 cm³/mol. The van der Waals surface area contributed by atoms with Gasteiger partial charge in [-0.05, 0) is 35.4 Å². The summed E-state index contributed by atoms with van der Waals surface area (Å²) >= 11 is 11.9. The first-order valence-electron chi connectivity index (χ1n) is 7.75. The smallest absolute Gasteiger partial charge is 0.323 e. The molecule has 12 heteroatoms. The highest BCUT2D eigenvalue weighted by Gasteiger charge is 2.43. The lowest BCUT2D eigenvalue weighted by Gasteiger charge is -2.23. The van der Waals surface area contributed by atoms with Crippen LogP contribution in [0.1, 0.15) is 5.69 Å². The lowest BCUT2D eigenvalue weighted by atomic mass is 10.2. The second kappa shape index (κ2) is 7.68. The van der Waals surface area contributed by atoms with Gasteiger partial charge in [0.05, 0.1) is 16.9 Å². The van der Waals surface area contributed by atoms with Gasteiger partial charge in [0.1, 0.15) is 0 Å². The number of anilines is 1. The summed E-state index contributed by atoms with van der Waals surface area (Å²) < 4.78 is 36.8. The van der Waals surface area contributed by atoms with Crippen LogP contribution < -0.4 is 4.31 Å². The van der Waals surface area contributed by atoms with Crippen LogP contribution in [0.3, 0.4) is 0 Å². The first-order valence-corrected chi connectivity index (χ1v) is 11.8. The fourth-order valence-corrected chi connectivity index (χ4v) is 6.09. The minimum Gasteiger partial charge on any atom is -0.323 e. The maximum absolute atomic E-state index is 13.4. The maximum atomic E-state index is 13.4. The second-order valence-electron chi connectivity index (χ2n) is 5.98. The highest BCUT2D eigenvalue weighted by Crippen LogP contribution is 2.43. The number of aromatic nitrogens is 2. The summed E-state index contributed by atoms with van der Waals surface area (Å²) in [4.78, 5) is 18.9. The van der Waals surface area contributed by atoms with Crippen LogP contribution in [-0.2, 0) is 19.2 Å². The SMILES string of the molecule is Cc1cc2c(N(CP(=O)(O)O)[S+](=O)(O)c3cc(Cl)cc(Cl)c3)cccc2nn1. The number of fused-ring (bicyclic) bond motifs is 1. The second-order valence-corrected chi connectivity index (χ2v) is 10.4. The van der Waals surface area contributed by atoms with Gasteiger partial charge in [-0.1, -0.05) is 29.3 Å². The lowest BCUT2D eigenvalue weighted by molar-refractivity contribution is 0.373. The molecule has 8 nitrogen and oxygen atoms in total. The van der Waals surface area contributed by atoms with Crippen LogP contribution in [-0.4, -0.2) is 30.8 Å². The van der Waals surface area contributed by atoms with E-state index in [-0.39, 0.29) is 20.6 Å². The third-order valence-electron chi connectivity index (χ3n) is 3.75. The van der Waals surface area contributed by atoms with E-state index in [1.54, 1.807) is 25.1 Å². The molecule has 0 radical (unpaired) electrons. The zero-order valence-corrected chi connectivity index (χ0v) is 17.6. The largest absolute Gasteiger partial charge is 0.349 e. The average molecular weight is 463 g/mol. The molecule has 0 saturated heterocycles. The van der Waals surface area contributed by atoms with Crippen LogP contribution in [0, 0.1) is 6.92 Å². The van der Waals surface area contributed by atoms with Gasteiger partial charge in [0.15, 0.2) is 6.29 Å². The molecule has 0 aliphatic carbocycles. The zero-order chi connectivity index (χ0) is 20.7. The van der Waals surface area contributed by atoms with Crippen LogP contribution in [0.25, 0.3) is 10.9 Å². The summed E-state index contributed by atoms with van der Waals surface area (Å²) in [6, 6.07) is 10.1. The third-order valence-corrected chi connectivity index (χ3v) is 6.80. The number of nitrogens with zero attached hydrogens (tertiary/aromatic N) is 3. The Morgan fingerprint density at radius 3 is 2.36 bits per heavy atom. The topological polar surface area (TPSA) is 124 Å². The van der Waals surface area contributed by atoms with E-state index in [2.05, 4.69) is 10.2 Å². The molecule has 1 unspecified atom stereocenters. The number of benzene rings is 2. The number of rotatable bonds is 5. The van der Waals surface area contributed by atoms with E-state index in [0.29, 0.717) is 16.6 Å². The van der Waals surface area contributed by atoms with Gasteiger partial charge in [0.2, 0.25) is 4.90 Å². The summed E-state index contributed by atoms with van der Waals surface area (Å²) in [5.41, 5.74) is 1.05. The normalized spacial score (nSPS) is 14.1. The summed E-state index contributed by atoms with van der Waals surface area (Å²) in [5, 5.41) is 8.59. The molecule has 0 spiro atoms. The quantitative estimate of drug-likeness (QED) is 0.384. The minimum atomic E-state index is -4.73. The van der Waals surface area contributed by atoms with Crippen molar-refractivity contribution < 1.29 is 23.1 Å². The number of aryl methyl sites for hydroxylation is 1. The van der Waals surface area contributed by atoms with Gasteiger partial charge in [-0.2, -0.15) is 14.8 Å². The van der Waals surface area contributed by atoms with Crippen LogP contribution in [0.5, 0.6) is 0 Å². The molecule has 28 heavy (non-hydrogen) atoms. The Morgan fingerprint density at radius 2 is 1.75 bits per heavy atom. The van der Waals surface area contributed by atoms with Crippen molar-refractivity contribution in [3.63, 3.8) is 0 Å². The van der Waals surface area contributed by atoms with Crippen LogP contribution in [0.15, 0.2) is 47.4 Å². The Morgan fingerprint density at radius 1 is 1.11 bits per heavy atom. The molecule has 0 aliphatic rings. The number of hydrogen-bond donors (Lipinski definition) is 3. The maximum Gasteiger partial charge on any atom is 0.349 e. The van der Waals surface area contributed by atoms with Gasteiger partial charge in [-0.25, -0.2) is 0 Å². The van der Waals surface area contributed by atoms with Crippen LogP contribution in [0.4, 0.5) is 5.69 Å². The first kappa shape index (κ1) is 21.1. The molecule has 2 aromatic carbocycles. The van der Waals surface area contributed by atoms with Crippen molar-refractivity contribution >= 4 is 57.8 Å². The van der Waals surface area contributed by atoms with Crippen molar-refractivity contribution in [3.8, 4) is 0 Å². The first-order chi connectivity index (χ1) is 13.0. The summed E-state index contributed by atoms with van der Waals surface area (Å²) in [6.07, 6.45) is -1.01. The predicted octanol–water partition coefficient (Wildman–Crippen LogP) is 4.13. The Kier molecular flexibility index (Phi) is 5.80. The molecule has 1 atom stereocenters. The fourth-order valence-electron chi connectivity index (χ4n) is 2.63. The summed E-state index contributed by atoms with van der Waals surface area (Å²) in [5.74, 6) is 0. The van der Waals surface area contributed by atoms with Crippen molar-refractivity contribution in [1.29, 1.82) is 0 Å². The summed E-state index contributed by atoms with van der Waals surface area (Å²) in [7, 11) is -8.90. The molecule has 0 saturated carbocycles. The molecule has 0 bridgehead atoms. The van der Waals surface area contributed by atoms with Crippen molar-refractivity contribution in [3.05, 3.63) is 58.2 Å². The molecule has 1 heterocycles.